The number of benzene rings is 2. The van der Waals surface area contributed by atoms with Gasteiger partial charge in [0.25, 0.3) is 10.0 Å². The number of ether oxygens (including phenoxy) is 1. The van der Waals surface area contributed by atoms with Crippen molar-refractivity contribution in [3.05, 3.63) is 83.8 Å². The minimum atomic E-state index is -4.09. The lowest BCUT2D eigenvalue weighted by Crippen LogP contribution is -2.35. The van der Waals surface area contributed by atoms with Gasteiger partial charge in [-0.25, -0.2) is 46.6 Å². The summed E-state index contributed by atoms with van der Waals surface area (Å²) in [6, 6.07) is 9.38. The molecule has 0 spiro atoms. The van der Waals surface area contributed by atoms with Gasteiger partial charge in [-0.05, 0) is 42.0 Å². The van der Waals surface area contributed by atoms with Crippen LogP contribution in [-0.2, 0) is 10.0 Å². The minimum absolute atomic E-state index is 0.0276. The molecule has 0 atom stereocenters. The van der Waals surface area contributed by atoms with Gasteiger partial charge in [0, 0.05) is 37.3 Å². The van der Waals surface area contributed by atoms with E-state index in [-0.39, 0.29) is 44.2 Å². The summed E-state index contributed by atoms with van der Waals surface area (Å²) in [4.78, 5) is 25.4. The van der Waals surface area contributed by atoms with Crippen molar-refractivity contribution in [2.45, 2.75) is 4.90 Å². The standard InChI is InChI=1S/C24H19ClF2N6O4S/c1-28-24(34)33(22-7-5-15(13-31-22)38(35,36)32-23-29-8-3-9-30-23)20-12-19(27)16(11-21(20)37-2)14-4-6-18(26)17(25)10-14/h3-13H,1-2H3,(H,28,34)(H,29,30,32). The molecule has 0 aliphatic heterocycles. The predicted molar refractivity (Wildman–Crippen MR) is 137 cm³/mol. The lowest BCUT2D eigenvalue weighted by Gasteiger charge is -2.24. The maximum absolute atomic E-state index is 15.3. The fourth-order valence-corrected chi connectivity index (χ4v) is 4.49. The van der Waals surface area contributed by atoms with Gasteiger partial charge in [0.15, 0.2) is 0 Å². The number of carbonyl (C=O) groups excluding carboxylic acids is 1. The molecule has 0 saturated heterocycles. The van der Waals surface area contributed by atoms with Gasteiger partial charge in [0.05, 0.1) is 17.8 Å². The van der Waals surface area contributed by atoms with Gasteiger partial charge in [0.2, 0.25) is 5.95 Å². The first-order valence-electron chi connectivity index (χ1n) is 10.8. The van der Waals surface area contributed by atoms with Crippen molar-refractivity contribution >= 4 is 45.1 Å². The van der Waals surface area contributed by atoms with Crippen LogP contribution < -0.4 is 19.7 Å². The van der Waals surface area contributed by atoms with Crippen LogP contribution in [0.3, 0.4) is 0 Å². The van der Waals surface area contributed by atoms with Crippen LogP contribution in [0.1, 0.15) is 0 Å². The second-order valence-corrected chi connectivity index (χ2v) is 9.64. The van der Waals surface area contributed by atoms with Crippen molar-refractivity contribution in [3.8, 4) is 16.9 Å². The molecule has 38 heavy (non-hydrogen) atoms. The van der Waals surface area contributed by atoms with Gasteiger partial charge in [-0.15, -0.1) is 0 Å². The Morgan fingerprint density at radius 3 is 2.37 bits per heavy atom. The molecule has 196 valence electrons. The van der Waals surface area contributed by atoms with Crippen molar-refractivity contribution in [2.24, 2.45) is 0 Å². The molecule has 14 heteroatoms. The molecular weight excluding hydrogens is 542 g/mol. The van der Waals surface area contributed by atoms with Gasteiger partial charge in [-0.1, -0.05) is 17.7 Å². The van der Waals surface area contributed by atoms with E-state index in [4.69, 9.17) is 16.3 Å². The van der Waals surface area contributed by atoms with E-state index in [9.17, 15) is 17.6 Å². The van der Waals surface area contributed by atoms with Crippen LogP contribution in [-0.4, -0.2) is 43.6 Å². The molecule has 2 amide bonds. The molecule has 4 aromatic rings. The maximum Gasteiger partial charge on any atom is 0.327 e. The third-order valence-corrected chi connectivity index (χ3v) is 6.81. The molecular formula is C24H19ClF2N6O4S. The number of amides is 2. The monoisotopic (exact) mass is 560 g/mol. The van der Waals surface area contributed by atoms with E-state index < -0.39 is 27.7 Å². The quantitative estimate of drug-likeness (QED) is 0.334. The third kappa shape index (κ3) is 5.48. The SMILES string of the molecule is CNC(=O)N(c1ccc(S(=O)(=O)Nc2ncccn2)cn1)c1cc(F)c(-c2ccc(F)c(Cl)c2)cc1OC. The molecule has 2 N–H and O–H groups in total. The first-order chi connectivity index (χ1) is 18.1. The van der Waals surface area contributed by atoms with Crippen LogP contribution in [0.5, 0.6) is 5.75 Å². The zero-order valence-corrected chi connectivity index (χ0v) is 21.4. The van der Waals surface area contributed by atoms with E-state index >= 15 is 4.39 Å². The molecule has 0 saturated carbocycles. The van der Waals surface area contributed by atoms with E-state index in [2.05, 4.69) is 25.0 Å². The van der Waals surface area contributed by atoms with Crippen LogP contribution in [0.25, 0.3) is 11.1 Å². The van der Waals surface area contributed by atoms with Crippen molar-refractivity contribution in [2.75, 3.05) is 23.8 Å². The van der Waals surface area contributed by atoms with Crippen LogP contribution in [0, 0.1) is 11.6 Å². The van der Waals surface area contributed by atoms with Crippen LogP contribution >= 0.6 is 11.6 Å². The van der Waals surface area contributed by atoms with Crippen molar-refractivity contribution < 1.29 is 26.7 Å². The highest BCUT2D eigenvalue weighted by Gasteiger charge is 2.26. The average molecular weight is 561 g/mol. The summed E-state index contributed by atoms with van der Waals surface area (Å²) in [6.45, 7) is 0. The van der Waals surface area contributed by atoms with Crippen molar-refractivity contribution in [1.82, 2.24) is 20.3 Å². The Morgan fingerprint density at radius 1 is 1.03 bits per heavy atom. The van der Waals surface area contributed by atoms with Gasteiger partial charge >= 0.3 is 6.03 Å². The topological polar surface area (TPSA) is 126 Å². The van der Waals surface area contributed by atoms with Gasteiger partial charge in [0.1, 0.15) is 28.1 Å². The molecule has 2 aromatic heterocycles. The highest BCUT2D eigenvalue weighted by molar-refractivity contribution is 7.92. The number of sulfonamides is 1. The zero-order valence-electron chi connectivity index (χ0n) is 19.8. The summed E-state index contributed by atoms with van der Waals surface area (Å²) in [5.74, 6) is -1.51. The minimum Gasteiger partial charge on any atom is -0.495 e. The molecule has 0 radical (unpaired) electrons. The van der Waals surface area contributed by atoms with Gasteiger partial charge in [-0.2, -0.15) is 0 Å². The summed E-state index contributed by atoms with van der Waals surface area (Å²) in [5.41, 5.74) is 0.306. The van der Waals surface area contributed by atoms with Gasteiger partial charge < -0.3 is 10.1 Å². The number of anilines is 3. The lowest BCUT2D eigenvalue weighted by molar-refractivity contribution is 0.250. The molecule has 4 rings (SSSR count). The number of hydrogen-bond acceptors (Lipinski definition) is 7. The fourth-order valence-electron chi connectivity index (χ4n) is 3.41. The van der Waals surface area contributed by atoms with Gasteiger partial charge in [-0.3, -0.25) is 0 Å². The predicted octanol–water partition coefficient (Wildman–Crippen LogP) is 4.76. The highest BCUT2D eigenvalue weighted by atomic mass is 35.5. The molecule has 10 nitrogen and oxygen atoms in total. The molecule has 0 bridgehead atoms. The average Bonchev–Trinajstić information content (AvgIpc) is 2.91. The first kappa shape index (κ1) is 26.7. The summed E-state index contributed by atoms with van der Waals surface area (Å²) >= 11 is 5.85. The Labute approximate surface area is 221 Å². The van der Waals surface area contributed by atoms with Crippen LogP contribution in [0.15, 0.2) is 72.0 Å². The fraction of sp³-hybridized carbons (Fsp3) is 0.0833. The molecule has 0 unspecified atom stereocenters. The summed E-state index contributed by atoms with van der Waals surface area (Å²) in [7, 11) is -1.41. The Kier molecular flexibility index (Phi) is 7.69. The number of nitrogens with one attached hydrogen (secondary N) is 2. The maximum atomic E-state index is 15.3. The smallest absolute Gasteiger partial charge is 0.327 e. The molecule has 2 heterocycles. The lowest BCUT2D eigenvalue weighted by atomic mass is 10.0. The summed E-state index contributed by atoms with van der Waals surface area (Å²) < 4.78 is 61.9. The summed E-state index contributed by atoms with van der Waals surface area (Å²) in [6.07, 6.45) is 3.76. The first-order valence-corrected chi connectivity index (χ1v) is 12.6. The van der Waals surface area contributed by atoms with Crippen LogP contribution in [0.4, 0.5) is 31.0 Å². The summed E-state index contributed by atoms with van der Waals surface area (Å²) in [5, 5.41) is 2.24. The number of nitrogens with zero attached hydrogens (tertiary/aromatic N) is 4. The Morgan fingerprint density at radius 2 is 1.76 bits per heavy atom. The number of rotatable bonds is 7. The zero-order chi connectivity index (χ0) is 27.4. The second-order valence-electron chi connectivity index (χ2n) is 7.55. The number of urea groups is 1. The van der Waals surface area contributed by atoms with E-state index in [1.807, 2.05) is 0 Å². The van der Waals surface area contributed by atoms with E-state index in [1.54, 1.807) is 0 Å². The highest BCUT2D eigenvalue weighted by Crippen LogP contribution is 2.39. The number of hydrogen-bond donors (Lipinski definition) is 2. The molecule has 0 aliphatic rings. The third-order valence-electron chi connectivity index (χ3n) is 5.21. The Balaban J connectivity index is 1.74. The van der Waals surface area contributed by atoms with E-state index in [0.717, 1.165) is 23.2 Å². The Bertz CT molecular complexity index is 1590. The Hall–Kier alpha value is -4.36. The van der Waals surface area contributed by atoms with E-state index in [1.165, 1.54) is 62.9 Å². The number of pyridine rings is 1. The van der Waals surface area contributed by atoms with E-state index in [0.29, 0.717) is 0 Å². The largest absolute Gasteiger partial charge is 0.495 e. The molecule has 2 aromatic carbocycles. The number of halogens is 3. The van der Waals surface area contributed by atoms with Crippen LogP contribution in [0.2, 0.25) is 5.02 Å². The number of methoxy groups -OCH3 is 1. The van der Waals surface area contributed by atoms with Crippen molar-refractivity contribution in [3.63, 3.8) is 0 Å². The molecule has 0 fully saturated rings. The number of aromatic nitrogens is 3. The number of carbonyl (C=O) groups is 1. The van der Waals surface area contributed by atoms with Crippen molar-refractivity contribution in [1.29, 1.82) is 0 Å². The second kappa shape index (κ2) is 10.9. The normalized spacial score (nSPS) is 11.1. The molecule has 0 aliphatic carbocycles.